The van der Waals surface area contributed by atoms with Crippen molar-refractivity contribution >= 4 is 0 Å². The fourth-order valence-corrected chi connectivity index (χ4v) is 1.72. The SMILES string of the molecule is COc1cc(C(C)(F)F)ccc1COC1CNC1. The van der Waals surface area contributed by atoms with Crippen LogP contribution >= 0.6 is 0 Å². The summed E-state index contributed by atoms with van der Waals surface area (Å²) in [5.74, 6) is -2.41. The molecule has 1 heterocycles. The maximum Gasteiger partial charge on any atom is 0.270 e. The van der Waals surface area contributed by atoms with Gasteiger partial charge in [0.2, 0.25) is 0 Å². The number of halogens is 2. The molecule has 0 aromatic heterocycles. The Morgan fingerprint density at radius 2 is 2.11 bits per heavy atom. The molecule has 0 aliphatic carbocycles. The topological polar surface area (TPSA) is 30.5 Å². The Morgan fingerprint density at radius 1 is 1.39 bits per heavy atom. The second kappa shape index (κ2) is 5.20. The van der Waals surface area contributed by atoms with Crippen molar-refractivity contribution in [1.82, 2.24) is 5.32 Å². The van der Waals surface area contributed by atoms with Crippen LogP contribution in [0.2, 0.25) is 0 Å². The number of methoxy groups -OCH3 is 1. The molecule has 0 bridgehead atoms. The Hall–Kier alpha value is -1.20. The van der Waals surface area contributed by atoms with Gasteiger partial charge in [0.1, 0.15) is 5.75 Å². The van der Waals surface area contributed by atoms with Gasteiger partial charge in [-0.1, -0.05) is 12.1 Å². The van der Waals surface area contributed by atoms with Gasteiger partial charge >= 0.3 is 0 Å². The van der Waals surface area contributed by atoms with Crippen LogP contribution in [0.25, 0.3) is 0 Å². The van der Waals surface area contributed by atoms with Crippen molar-refractivity contribution in [3.63, 3.8) is 0 Å². The summed E-state index contributed by atoms with van der Waals surface area (Å²) in [6, 6.07) is 4.43. The van der Waals surface area contributed by atoms with Crippen LogP contribution in [0.1, 0.15) is 18.1 Å². The molecule has 0 saturated carbocycles. The molecule has 1 N–H and O–H groups in total. The minimum absolute atomic E-state index is 0.0478. The lowest BCUT2D eigenvalue weighted by atomic mass is 10.1. The minimum Gasteiger partial charge on any atom is -0.496 e. The van der Waals surface area contributed by atoms with Crippen LogP contribution in [-0.2, 0) is 17.3 Å². The lowest BCUT2D eigenvalue weighted by molar-refractivity contribution is 0.00616. The molecule has 18 heavy (non-hydrogen) atoms. The third kappa shape index (κ3) is 2.97. The van der Waals surface area contributed by atoms with Crippen molar-refractivity contribution in [3.05, 3.63) is 29.3 Å². The Balaban J connectivity index is 2.09. The van der Waals surface area contributed by atoms with E-state index in [0.29, 0.717) is 12.4 Å². The van der Waals surface area contributed by atoms with E-state index in [0.717, 1.165) is 25.6 Å². The van der Waals surface area contributed by atoms with Crippen LogP contribution in [0.4, 0.5) is 8.78 Å². The number of benzene rings is 1. The molecule has 1 aliphatic rings. The van der Waals surface area contributed by atoms with Gasteiger partial charge in [-0.3, -0.25) is 0 Å². The molecule has 1 saturated heterocycles. The number of alkyl halides is 2. The number of nitrogens with one attached hydrogen (secondary N) is 1. The Labute approximate surface area is 105 Å². The molecule has 0 radical (unpaired) electrons. The van der Waals surface area contributed by atoms with Crippen LogP contribution < -0.4 is 10.1 Å². The van der Waals surface area contributed by atoms with Crippen LogP contribution in [0.5, 0.6) is 5.75 Å². The van der Waals surface area contributed by atoms with Gasteiger partial charge in [0.05, 0.1) is 19.8 Å². The first-order valence-electron chi connectivity index (χ1n) is 5.88. The fourth-order valence-electron chi connectivity index (χ4n) is 1.72. The van der Waals surface area contributed by atoms with E-state index in [4.69, 9.17) is 9.47 Å². The molecule has 0 spiro atoms. The molecule has 2 rings (SSSR count). The van der Waals surface area contributed by atoms with Gasteiger partial charge in [-0.2, -0.15) is 0 Å². The van der Waals surface area contributed by atoms with Gasteiger partial charge in [-0.15, -0.1) is 0 Å². The largest absolute Gasteiger partial charge is 0.496 e. The standard InChI is InChI=1S/C13H17F2NO2/c1-13(14,15)10-4-3-9(12(5-10)17-2)8-18-11-6-16-7-11/h3-5,11,16H,6-8H2,1-2H3. The zero-order chi connectivity index (χ0) is 13.2. The first-order valence-corrected chi connectivity index (χ1v) is 5.88. The molecular weight excluding hydrogens is 240 g/mol. The zero-order valence-corrected chi connectivity index (χ0v) is 10.5. The van der Waals surface area contributed by atoms with Gasteiger partial charge in [-0.05, 0) is 6.07 Å². The third-order valence-electron chi connectivity index (χ3n) is 3.01. The van der Waals surface area contributed by atoms with Gasteiger partial charge in [0.25, 0.3) is 5.92 Å². The molecule has 0 amide bonds. The molecule has 5 heteroatoms. The normalized spacial score (nSPS) is 16.4. The predicted octanol–water partition coefficient (Wildman–Crippen LogP) is 2.30. The van der Waals surface area contributed by atoms with Crippen molar-refractivity contribution in [2.45, 2.75) is 25.6 Å². The predicted molar refractivity (Wildman–Crippen MR) is 64.0 cm³/mol. The fraction of sp³-hybridized carbons (Fsp3) is 0.538. The maximum atomic E-state index is 13.2. The first kappa shape index (κ1) is 13.2. The molecule has 1 aromatic carbocycles. The highest BCUT2D eigenvalue weighted by Gasteiger charge is 2.25. The third-order valence-corrected chi connectivity index (χ3v) is 3.01. The van der Waals surface area contributed by atoms with E-state index in [1.807, 2.05) is 0 Å². The lowest BCUT2D eigenvalue weighted by Crippen LogP contribution is -2.48. The van der Waals surface area contributed by atoms with Crippen LogP contribution in [-0.4, -0.2) is 26.3 Å². The zero-order valence-electron chi connectivity index (χ0n) is 10.5. The second-order valence-corrected chi connectivity index (χ2v) is 4.51. The summed E-state index contributed by atoms with van der Waals surface area (Å²) >= 11 is 0. The van der Waals surface area contributed by atoms with Crippen LogP contribution in [0.15, 0.2) is 18.2 Å². The molecule has 1 aliphatic heterocycles. The van der Waals surface area contributed by atoms with Gasteiger partial charge < -0.3 is 14.8 Å². The molecule has 1 aromatic rings. The van der Waals surface area contributed by atoms with Gasteiger partial charge in [0, 0.05) is 31.1 Å². The summed E-state index contributed by atoms with van der Waals surface area (Å²) in [6.45, 7) is 2.93. The summed E-state index contributed by atoms with van der Waals surface area (Å²) in [5, 5.41) is 3.10. The van der Waals surface area contributed by atoms with Crippen molar-refractivity contribution in [2.24, 2.45) is 0 Å². The molecule has 3 nitrogen and oxygen atoms in total. The Bertz CT molecular complexity index is 414. The minimum atomic E-state index is -2.86. The number of hydrogen-bond donors (Lipinski definition) is 1. The van der Waals surface area contributed by atoms with E-state index >= 15 is 0 Å². The van der Waals surface area contributed by atoms with E-state index in [1.54, 1.807) is 6.07 Å². The average molecular weight is 257 g/mol. The highest BCUT2D eigenvalue weighted by molar-refractivity contribution is 5.38. The summed E-state index contributed by atoms with van der Waals surface area (Å²) in [5.41, 5.74) is 0.741. The summed E-state index contributed by atoms with van der Waals surface area (Å²) in [6.07, 6.45) is 0.210. The van der Waals surface area contributed by atoms with Crippen molar-refractivity contribution in [1.29, 1.82) is 0 Å². The average Bonchev–Trinajstić information content (AvgIpc) is 2.25. The first-order chi connectivity index (χ1) is 8.50. The van der Waals surface area contributed by atoms with E-state index in [2.05, 4.69) is 5.32 Å². The highest BCUT2D eigenvalue weighted by Crippen LogP contribution is 2.31. The monoisotopic (exact) mass is 257 g/mol. The summed E-state index contributed by atoms with van der Waals surface area (Å²) in [7, 11) is 1.47. The lowest BCUT2D eigenvalue weighted by Gasteiger charge is -2.27. The van der Waals surface area contributed by atoms with Crippen LogP contribution in [0.3, 0.4) is 0 Å². The van der Waals surface area contributed by atoms with Crippen LogP contribution in [0, 0.1) is 0 Å². The van der Waals surface area contributed by atoms with Crippen molar-refractivity contribution in [3.8, 4) is 5.75 Å². The Morgan fingerprint density at radius 3 is 2.61 bits per heavy atom. The second-order valence-electron chi connectivity index (χ2n) is 4.51. The Kier molecular flexibility index (Phi) is 3.82. The van der Waals surface area contributed by atoms with E-state index in [-0.39, 0.29) is 11.7 Å². The van der Waals surface area contributed by atoms with Gasteiger partial charge in [-0.25, -0.2) is 8.78 Å². The number of hydrogen-bond acceptors (Lipinski definition) is 3. The highest BCUT2D eigenvalue weighted by atomic mass is 19.3. The van der Waals surface area contributed by atoms with E-state index in [9.17, 15) is 8.78 Å². The van der Waals surface area contributed by atoms with Crippen molar-refractivity contribution in [2.75, 3.05) is 20.2 Å². The maximum absolute atomic E-state index is 13.2. The summed E-state index contributed by atoms with van der Waals surface area (Å²) < 4.78 is 37.1. The number of ether oxygens (including phenoxy) is 2. The molecule has 1 fully saturated rings. The van der Waals surface area contributed by atoms with E-state index < -0.39 is 5.92 Å². The quantitative estimate of drug-likeness (QED) is 0.878. The smallest absolute Gasteiger partial charge is 0.270 e. The molecule has 0 unspecified atom stereocenters. The van der Waals surface area contributed by atoms with Gasteiger partial charge in [0.15, 0.2) is 0 Å². The summed E-state index contributed by atoms with van der Waals surface area (Å²) in [4.78, 5) is 0. The van der Waals surface area contributed by atoms with E-state index in [1.165, 1.54) is 19.2 Å². The number of rotatable bonds is 5. The molecular formula is C13H17F2NO2. The molecule has 100 valence electrons. The molecule has 0 atom stereocenters. The van der Waals surface area contributed by atoms with Crippen molar-refractivity contribution < 1.29 is 18.3 Å².